The van der Waals surface area contributed by atoms with Crippen LogP contribution >= 0.6 is 0 Å². The van der Waals surface area contributed by atoms with Gasteiger partial charge in [0.1, 0.15) is 12.2 Å². The lowest BCUT2D eigenvalue weighted by molar-refractivity contribution is -0.172. The smallest absolute Gasteiger partial charge is 0.258 e. The highest BCUT2D eigenvalue weighted by Gasteiger charge is 2.49. The number of ether oxygens (including phenoxy) is 1. The molecule has 3 rings (SSSR count). The number of piperidine rings is 1. The van der Waals surface area contributed by atoms with Crippen LogP contribution in [0.1, 0.15) is 32.6 Å². The van der Waals surface area contributed by atoms with E-state index in [0.717, 1.165) is 25.9 Å². The van der Waals surface area contributed by atoms with Crippen molar-refractivity contribution in [2.24, 2.45) is 5.92 Å². The molecular weight excluding hydrogens is 232 g/mol. The van der Waals surface area contributed by atoms with Crippen molar-refractivity contribution < 1.29 is 14.3 Å². The average Bonchev–Trinajstić information content (AvgIpc) is 2.85. The summed E-state index contributed by atoms with van der Waals surface area (Å²) in [6, 6.07) is 0.0131. The molecule has 3 aliphatic rings. The molecule has 2 bridgehead atoms. The van der Waals surface area contributed by atoms with Crippen LogP contribution in [0.2, 0.25) is 0 Å². The normalized spacial score (nSPS) is 35.1. The van der Waals surface area contributed by atoms with Gasteiger partial charge in [0.2, 0.25) is 0 Å². The van der Waals surface area contributed by atoms with Gasteiger partial charge in [-0.1, -0.05) is 0 Å². The summed E-state index contributed by atoms with van der Waals surface area (Å²) in [6.45, 7) is 3.97. The van der Waals surface area contributed by atoms with E-state index in [9.17, 15) is 9.59 Å². The number of morpholine rings is 1. The maximum Gasteiger partial charge on any atom is 0.258 e. The minimum Gasteiger partial charge on any atom is -0.355 e. The topological polar surface area (TPSA) is 58.6 Å². The van der Waals surface area contributed by atoms with Gasteiger partial charge in [-0.3, -0.25) is 14.5 Å². The van der Waals surface area contributed by atoms with Gasteiger partial charge in [-0.25, -0.2) is 0 Å². The molecule has 0 spiro atoms. The second-order valence-corrected chi connectivity index (χ2v) is 5.57. The molecule has 3 heterocycles. The van der Waals surface area contributed by atoms with E-state index >= 15 is 0 Å². The van der Waals surface area contributed by atoms with E-state index in [0.29, 0.717) is 18.8 Å². The third kappa shape index (κ3) is 1.86. The van der Waals surface area contributed by atoms with E-state index in [2.05, 4.69) is 5.32 Å². The van der Waals surface area contributed by atoms with Crippen LogP contribution in [0.25, 0.3) is 0 Å². The molecule has 5 nitrogen and oxygen atoms in total. The van der Waals surface area contributed by atoms with Crippen LogP contribution in [0.5, 0.6) is 0 Å². The van der Waals surface area contributed by atoms with Crippen molar-refractivity contribution in [1.29, 1.82) is 0 Å². The highest BCUT2D eigenvalue weighted by Crippen LogP contribution is 2.32. The molecule has 0 aromatic heterocycles. The molecule has 3 atom stereocenters. The summed E-state index contributed by atoms with van der Waals surface area (Å²) < 4.78 is 5.44. The Hall–Kier alpha value is -0.940. The SMILES string of the molecule is CC(C1CCNCC1)N1C(=O)C2CCC(O2)C1=O. The predicted molar refractivity (Wildman–Crippen MR) is 64.8 cm³/mol. The molecule has 18 heavy (non-hydrogen) atoms. The Morgan fingerprint density at radius 3 is 2.22 bits per heavy atom. The standard InChI is InChI=1S/C13H20N2O3/c1-8(9-4-6-14-7-5-9)15-12(16)10-2-3-11(18-10)13(15)17/h8-11,14H,2-7H2,1H3. The van der Waals surface area contributed by atoms with Gasteiger partial charge in [0.15, 0.2) is 0 Å². The summed E-state index contributed by atoms with van der Waals surface area (Å²) in [5.41, 5.74) is 0. The number of nitrogens with one attached hydrogen (secondary N) is 1. The van der Waals surface area contributed by atoms with E-state index in [1.807, 2.05) is 6.92 Å². The summed E-state index contributed by atoms with van der Waals surface area (Å²) in [5.74, 6) is 0.205. The van der Waals surface area contributed by atoms with Crippen molar-refractivity contribution in [1.82, 2.24) is 10.2 Å². The minimum atomic E-state index is -0.364. The Bertz CT molecular complexity index is 343. The van der Waals surface area contributed by atoms with E-state index < -0.39 is 0 Å². The fourth-order valence-corrected chi connectivity index (χ4v) is 3.36. The third-order valence-corrected chi connectivity index (χ3v) is 4.52. The van der Waals surface area contributed by atoms with Crippen molar-refractivity contribution >= 4 is 11.8 Å². The molecule has 3 saturated heterocycles. The van der Waals surface area contributed by atoms with Gasteiger partial charge >= 0.3 is 0 Å². The van der Waals surface area contributed by atoms with Crippen LogP contribution in [-0.2, 0) is 14.3 Å². The molecule has 0 aliphatic carbocycles. The molecule has 0 saturated carbocycles. The van der Waals surface area contributed by atoms with E-state index in [1.54, 1.807) is 0 Å². The molecule has 0 aromatic carbocycles. The zero-order chi connectivity index (χ0) is 12.7. The molecule has 3 fully saturated rings. The average molecular weight is 252 g/mol. The third-order valence-electron chi connectivity index (χ3n) is 4.52. The van der Waals surface area contributed by atoms with Crippen molar-refractivity contribution in [3.63, 3.8) is 0 Å². The Morgan fingerprint density at radius 2 is 1.67 bits per heavy atom. The van der Waals surface area contributed by atoms with Crippen LogP contribution in [0.15, 0.2) is 0 Å². The van der Waals surface area contributed by atoms with Gasteiger partial charge < -0.3 is 10.1 Å². The maximum atomic E-state index is 12.2. The first-order valence-electron chi connectivity index (χ1n) is 6.91. The van der Waals surface area contributed by atoms with Crippen molar-refractivity contribution in [3.05, 3.63) is 0 Å². The zero-order valence-electron chi connectivity index (χ0n) is 10.7. The number of hydrogen-bond donors (Lipinski definition) is 1. The first-order valence-corrected chi connectivity index (χ1v) is 6.91. The Labute approximate surface area is 107 Å². The van der Waals surface area contributed by atoms with Gasteiger partial charge in [0.25, 0.3) is 11.8 Å². The number of carbonyl (C=O) groups is 2. The number of imide groups is 1. The highest BCUT2D eigenvalue weighted by atomic mass is 16.5. The van der Waals surface area contributed by atoms with Crippen LogP contribution in [0, 0.1) is 5.92 Å². The van der Waals surface area contributed by atoms with E-state index in [4.69, 9.17) is 4.74 Å². The predicted octanol–water partition coefficient (Wildman–Crippen LogP) is 0.291. The van der Waals surface area contributed by atoms with Crippen molar-refractivity contribution in [2.75, 3.05) is 13.1 Å². The lowest BCUT2D eigenvalue weighted by Crippen LogP contribution is -2.57. The first kappa shape index (κ1) is 12.1. The lowest BCUT2D eigenvalue weighted by atomic mass is 9.89. The van der Waals surface area contributed by atoms with Crippen LogP contribution < -0.4 is 5.32 Å². The molecule has 100 valence electrons. The first-order chi connectivity index (χ1) is 8.68. The fraction of sp³-hybridized carbons (Fsp3) is 0.846. The summed E-state index contributed by atoms with van der Waals surface area (Å²) in [6.07, 6.45) is 2.74. The second kappa shape index (κ2) is 4.63. The Balaban J connectivity index is 1.77. The molecular formula is C13H20N2O3. The molecule has 1 N–H and O–H groups in total. The summed E-state index contributed by atoms with van der Waals surface area (Å²) >= 11 is 0. The monoisotopic (exact) mass is 252 g/mol. The number of amides is 2. The number of nitrogens with zero attached hydrogens (tertiary/aromatic N) is 1. The van der Waals surface area contributed by atoms with Crippen LogP contribution in [0.4, 0.5) is 0 Å². The number of likely N-dealkylation sites (tertiary alicyclic amines) is 1. The molecule has 3 unspecified atom stereocenters. The second-order valence-electron chi connectivity index (χ2n) is 5.57. The quantitative estimate of drug-likeness (QED) is 0.718. The summed E-state index contributed by atoms with van der Waals surface area (Å²) in [5, 5.41) is 3.31. The van der Waals surface area contributed by atoms with E-state index in [-0.39, 0.29) is 30.1 Å². The van der Waals surface area contributed by atoms with Gasteiger partial charge in [0, 0.05) is 6.04 Å². The minimum absolute atomic E-state index is 0.0131. The Kier molecular flexibility index (Phi) is 3.11. The van der Waals surface area contributed by atoms with Gasteiger partial charge in [0.05, 0.1) is 0 Å². The Morgan fingerprint density at radius 1 is 1.11 bits per heavy atom. The number of hydrogen-bond acceptors (Lipinski definition) is 4. The molecule has 5 heteroatoms. The fourth-order valence-electron chi connectivity index (χ4n) is 3.36. The van der Waals surface area contributed by atoms with Gasteiger partial charge in [-0.2, -0.15) is 0 Å². The lowest BCUT2D eigenvalue weighted by Gasteiger charge is -2.39. The van der Waals surface area contributed by atoms with Gasteiger partial charge in [-0.15, -0.1) is 0 Å². The van der Waals surface area contributed by atoms with Crippen LogP contribution in [0.3, 0.4) is 0 Å². The molecule has 3 aliphatic heterocycles. The summed E-state index contributed by atoms with van der Waals surface area (Å²) in [4.78, 5) is 26.0. The highest BCUT2D eigenvalue weighted by molar-refractivity contribution is 6.02. The van der Waals surface area contributed by atoms with Crippen LogP contribution in [-0.4, -0.2) is 48.1 Å². The molecule has 2 amide bonds. The summed E-state index contributed by atoms with van der Waals surface area (Å²) in [7, 11) is 0. The number of fused-ring (bicyclic) bond motifs is 2. The zero-order valence-corrected chi connectivity index (χ0v) is 10.7. The molecule has 0 aromatic rings. The largest absolute Gasteiger partial charge is 0.355 e. The van der Waals surface area contributed by atoms with Crippen molar-refractivity contribution in [3.8, 4) is 0 Å². The van der Waals surface area contributed by atoms with E-state index in [1.165, 1.54) is 4.90 Å². The maximum absolute atomic E-state index is 12.2. The molecule has 0 radical (unpaired) electrons. The van der Waals surface area contributed by atoms with Crippen molar-refractivity contribution in [2.45, 2.75) is 50.9 Å². The van der Waals surface area contributed by atoms with Gasteiger partial charge in [-0.05, 0) is 51.6 Å². The number of carbonyl (C=O) groups excluding carboxylic acids is 2. The number of rotatable bonds is 2.